The lowest BCUT2D eigenvalue weighted by Crippen LogP contribution is -2.32. The summed E-state index contributed by atoms with van der Waals surface area (Å²) in [5.74, 6) is -0.495. The van der Waals surface area contributed by atoms with Crippen LogP contribution in [0.3, 0.4) is 0 Å². The van der Waals surface area contributed by atoms with E-state index in [1.807, 2.05) is 24.3 Å². The van der Waals surface area contributed by atoms with E-state index < -0.39 is 18.4 Å². The Hall–Kier alpha value is -3.04. The molecule has 9 heteroatoms. The van der Waals surface area contributed by atoms with Crippen LogP contribution >= 0.6 is 0 Å². The lowest BCUT2D eigenvalue weighted by Gasteiger charge is -2.26. The van der Waals surface area contributed by atoms with E-state index in [2.05, 4.69) is 15.7 Å². The molecule has 0 fully saturated rings. The highest BCUT2D eigenvalue weighted by Crippen LogP contribution is 2.27. The van der Waals surface area contributed by atoms with Gasteiger partial charge in [-0.15, -0.1) is 13.2 Å². The number of rotatable bonds is 11. The van der Waals surface area contributed by atoms with Crippen LogP contribution in [0, 0.1) is 0 Å². The summed E-state index contributed by atoms with van der Waals surface area (Å²) in [7, 11) is 0. The van der Waals surface area contributed by atoms with Crippen molar-refractivity contribution in [3.63, 3.8) is 0 Å². The van der Waals surface area contributed by atoms with Crippen LogP contribution in [-0.2, 0) is 16.0 Å². The van der Waals surface area contributed by atoms with Gasteiger partial charge in [-0.05, 0) is 54.3 Å². The molecule has 3 rings (SSSR count). The van der Waals surface area contributed by atoms with Gasteiger partial charge in [0.2, 0.25) is 0 Å². The van der Waals surface area contributed by atoms with E-state index in [-0.39, 0.29) is 5.75 Å². The van der Waals surface area contributed by atoms with Crippen molar-refractivity contribution in [3.05, 3.63) is 65.7 Å². The SMILES string of the molecule is CCOC(Cc1ccc(OCCN2CC=C(c3ccc(OC(F)(F)F)cc3)CC2)cc1)C(=O)O. The first-order valence-corrected chi connectivity index (χ1v) is 11.1. The first-order valence-electron chi connectivity index (χ1n) is 11.1. The van der Waals surface area contributed by atoms with Gasteiger partial charge in [0.15, 0.2) is 6.10 Å². The quantitative estimate of drug-likeness (QED) is 0.500. The third-order valence-corrected chi connectivity index (χ3v) is 5.42. The molecular weight excluding hydrogens is 451 g/mol. The average Bonchev–Trinajstić information content (AvgIpc) is 2.80. The van der Waals surface area contributed by atoms with Crippen LogP contribution < -0.4 is 9.47 Å². The maximum Gasteiger partial charge on any atom is 0.573 e. The second-order valence-corrected chi connectivity index (χ2v) is 7.83. The van der Waals surface area contributed by atoms with Gasteiger partial charge in [0, 0.05) is 32.7 Å². The highest BCUT2D eigenvalue weighted by Gasteiger charge is 2.31. The topological polar surface area (TPSA) is 68.2 Å². The van der Waals surface area contributed by atoms with Gasteiger partial charge in [-0.25, -0.2) is 4.79 Å². The molecule has 1 N–H and O–H groups in total. The number of nitrogens with zero attached hydrogens (tertiary/aromatic N) is 1. The Kier molecular flexibility index (Phi) is 8.95. The lowest BCUT2D eigenvalue weighted by molar-refractivity contribution is -0.274. The Bertz CT molecular complexity index is 958. The summed E-state index contributed by atoms with van der Waals surface area (Å²) in [5, 5.41) is 9.19. The number of carbonyl (C=O) groups is 1. The molecule has 0 amide bonds. The molecule has 0 saturated carbocycles. The zero-order valence-electron chi connectivity index (χ0n) is 18.9. The summed E-state index contributed by atoms with van der Waals surface area (Å²) >= 11 is 0. The molecular formula is C25H28F3NO5. The molecule has 34 heavy (non-hydrogen) atoms. The van der Waals surface area contributed by atoms with Crippen molar-refractivity contribution in [3.8, 4) is 11.5 Å². The first kappa shape index (κ1) is 25.6. The third-order valence-electron chi connectivity index (χ3n) is 5.42. The van der Waals surface area contributed by atoms with Crippen LogP contribution in [0.2, 0.25) is 0 Å². The zero-order valence-corrected chi connectivity index (χ0v) is 18.9. The van der Waals surface area contributed by atoms with Gasteiger partial charge < -0.3 is 19.3 Å². The van der Waals surface area contributed by atoms with Crippen molar-refractivity contribution < 1.29 is 37.3 Å². The summed E-state index contributed by atoms with van der Waals surface area (Å²) < 4.78 is 51.8. The second kappa shape index (κ2) is 11.9. The van der Waals surface area contributed by atoms with Crippen LogP contribution in [0.1, 0.15) is 24.5 Å². The molecule has 0 spiro atoms. The molecule has 2 aromatic carbocycles. The standard InChI is InChI=1S/C25H28F3NO5/c1-2-32-23(24(30)31)17-18-3-7-21(8-4-18)33-16-15-29-13-11-20(12-14-29)19-5-9-22(10-6-19)34-25(26,27)28/h3-11,23H,2,12-17H2,1H3,(H,30,31). The first-order chi connectivity index (χ1) is 16.2. The molecule has 1 aliphatic heterocycles. The molecule has 0 bridgehead atoms. The fourth-order valence-corrected chi connectivity index (χ4v) is 3.69. The number of aliphatic carboxylic acids is 1. The molecule has 0 radical (unpaired) electrons. The highest BCUT2D eigenvalue weighted by molar-refractivity contribution is 5.72. The number of benzene rings is 2. The van der Waals surface area contributed by atoms with Gasteiger partial charge in [-0.2, -0.15) is 0 Å². The van der Waals surface area contributed by atoms with E-state index >= 15 is 0 Å². The summed E-state index contributed by atoms with van der Waals surface area (Å²) in [6.07, 6.45) is -2.39. The maximum atomic E-state index is 12.3. The van der Waals surface area contributed by atoms with Crippen molar-refractivity contribution in [2.45, 2.75) is 32.2 Å². The minimum Gasteiger partial charge on any atom is -0.492 e. The minimum absolute atomic E-state index is 0.226. The van der Waals surface area contributed by atoms with Crippen LogP contribution in [0.4, 0.5) is 13.2 Å². The number of alkyl halides is 3. The molecule has 1 heterocycles. The van der Waals surface area contributed by atoms with Gasteiger partial charge in [-0.3, -0.25) is 4.90 Å². The van der Waals surface area contributed by atoms with E-state index in [1.54, 1.807) is 19.1 Å². The normalized spacial score (nSPS) is 15.5. The van der Waals surface area contributed by atoms with Crippen LogP contribution in [0.5, 0.6) is 11.5 Å². The van der Waals surface area contributed by atoms with Crippen molar-refractivity contribution in [2.75, 3.05) is 32.8 Å². The van der Waals surface area contributed by atoms with Gasteiger partial charge in [0.1, 0.15) is 18.1 Å². The Balaban J connectivity index is 1.42. The smallest absolute Gasteiger partial charge is 0.492 e. The molecule has 6 nitrogen and oxygen atoms in total. The van der Waals surface area contributed by atoms with Crippen LogP contribution in [-0.4, -0.2) is 61.3 Å². The van der Waals surface area contributed by atoms with E-state index in [0.29, 0.717) is 25.4 Å². The van der Waals surface area contributed by atoms with Gasteiger partial charge in [-0.1, -0.05) is 30.3 Å². The molecule has 1 unspecified atom stereocenters. The molecule has 1 aliphatic rings. The molecule has 2 aromatic rings. The second-order valence-electron chi connectivity index (χ2n) is 7.83. The van der Waals surface area contributed by atoms with Gasteiger partial charge in [0.25, 0.3) is 0 Å². The average molecular weight is 479 g/mol. The number of carboxylic acid groups (broad SMARTS) is 1. The molecule has 0 aliphatic carbocycles. The number of hydrogen-bond acceptors (Lipinski definition) is 5. The Morgan fingerprint density at radius 3 is 2.32 bits per heavy atom. The zero-order chi connectivity index (χ0) is 24.6. The van der Waals surface area contributed by atoms with Gasteiger partial charge in [0.05, 0.1) is 0 Å². The molecule has 1 atom stereocenters. The maximum absolute atomic E-state index is 12.3. The van der Waals surface area contributed by atoms with E-state index in [4.69, 9.17) is 9.47 Å². The fraction of sp³-hybridized carbons (Fsp3) is 0.400. The van der Waals surface area contributed by atoms with E-state index in [1.165, 1.54) is 12.1 Å². The lowest BCUT2D eigenvalue weighted by atomic mass is 9.99. The minimum atomic E-state index is -4.69. The number of ether oxygens (including phenoxy) is 3. The Labute approximate surface area is 196 Å². The monoisotopic (exact) mass is 479 g/mol. The molecule has 0 aromatic heterocycles. The van der Waals surface area contributed by atoms with Crippen molar-refractivity contribution in [1.82, 2.24) is 4.90 Å². The van der Waals surface area contributed by atoms with E-state index in [0.717, 1.165) is 42.8 Å². The predicted octanol–water partition coefficient (Wildman–Crippen LogP) is 4.79. The Morgan fingerprint density at radius 2 is 1.76 bits per heavy atom. The van der Waals surface area contributed by atoms with Crippen LogP contribution in [0.25, 0.3) is 5.57 Å². The van der Waals surface area contributed by atoms with E-state index in [9.17, 15) is 23.1 Å². The predicted molar refractivity (Wildman–Crippen MR) is 121 cm³/mol. The van der Waals surface area contributed by atoms with Crippen molar-refractivity contribution >= 4 is 11.5 Å². The fourth-order valence-electron chi connectivity index (χ4n) is 3.69. The molecule has 184 valence electrons. The summed E-state index contributed by atoms with van der Waals surface area (Å²) in [5.41, 5.74) is 2.85. The van der Waals surface area contributed by atoms with Crippen molar-refractivity contribution in [1.29, 1.82) is 0 Å². The summed E-state index contributed by atoms with van der Waals surface area (Å²) in [6, 6.07) is 13.3. The Morgan fingerprint density at radius 1 is 1.09 bits per heavy atom. The highest BCUT2D eigenvalue weighted by atomic mass is 19.4. The number of halogens is 3. The third kappa shape index (κ3) is 8.07. The number of hydrogen-bond donors (Lipinski definition) is 1. The largest absolute Gasteiger partial charge is 0.573 e. The van der Waals surface area contributed by atoms with Crippen molar-refractivity contribution in [2.24, 2.45) is 0 Å². The van der Waals surface area contributed by atoms with Crippen LogP contribution in [0.15, 0.2) is 54.6 Å². The molecule has 0 saturated heterocycles. The summed E-state index contributed by atoms with van der Waals surface area (Å²) in [4.78, 5) is 13.4. The summed E-state index contributed by atoms with van der Waals surface area (Å²) in [6.45, 7) is 4.89. The number of carboxylic acids is 1. The van der Waals surface area contributed by atoms with Gasteiger partial charge >= 0.3 is 12.3 Å².